The molecule has 0 saturated carbocycles. The Balaban J connectivity index is 1.77. The minimum atomic E-state index is -0.580. The van der Waals surface area contributed by atoms with E-state index in [0.29, 0.717) is 46.9 Å². The van der Waals surface area contributed by atoms with Crippen LogP contribution in [0.3, 0.4) is 0 Å². The molecule has 2 aromatic rings. The molecule has 0 spiro atoms. The average Bonchev–Trinajstić information content (AvgIpc) is 3.32. The second kappa shape index (κ2) is 9.24. The lowest BCUT2D eigenvalue weighted by Crippen LogP contribution is -2.43. The number of carbonyl (C=O) groups excluding carboxylic acids is 3. The third-order valence-electron chi connectivity index (χ3n) is 5.37. The number of H-pyrrole nitrogens is 1. The Morgan fingerprint density at radius 3 is 2.45 bits per heavy atom. The molecule has 31 heavy (non-hydrogen) atoms. The fraction of sp³-hybridized carbons (Fsp3) is 0.435. The minimum Gasteiger partial charge on any atom is -0.497 e. The summed E-state index contributed by atoms with van der Waals surface area (Å²) in [4.78, 5) is 43.2. The predicted molar refractivity (Wildman–Crippen MR) is 117 cm³/mol. The number of nitrogens with zero attached hydrogens (tertiary/aromatic N) is 1. The Kier molecular flexibility index (Phi) is 6.68. The summed E-state index contributed by atoms with van der Waals surface area (Å²) >= 11 is 0. The van der Waals surface area contributed by atoms with E-state index in [1.165, 1.54) is 0 Å². The van der Waals surface area contributed by atoms with Crippen molar-refractivity contribution >= 4 is 23.5 Å². The molecule has 1 aliphatic heterocycles. The molecule has 0 radical (unpaired) electrons. The largest absolute Gasteiger partial charge is 0.497 e. The normalized spacial score (nSPS) is 15.8. The quantitative estimate of drug-likeness (QED) is 0.688. The number of anilines is 1. The minimum absolute atomic E-state index is 0.239. The number of ether oxygens (including phenoxy) is 2. The van der Waals surface area contributed by atoms with E-state index in [4.69, 9.17) is 9.47 Å². The van der Waals surface area contributed by atoms with E-state index in [0.717, 1.165) is 6.42 Å². The van der Waals surface area contributed by atoms with Crippen molar-refractivity contribution in [1.82, 2.24) is 9.88 Å². The van der Waals surface area contributed by atoms with Crippen molar-refractivity contribution in [3.63, 3.8) is 0 Å². The van der Waals surface area contributed by atoms with Crippen LogP contribution in [-0.4, -0.2) is 53.5 Å². The summed E-state index contributed by atoms with van der Waals surface area (Å²) in [6.07, 6.45) is 1.05. The Labute approximate surface area is 181 Å². The van der Waals surface area contributed by atoms with Gasteiger partial charge in [0.15, 0.2) is 0 Å². The molecular formula is C23H29N3O5. The van der Waals surface area contributed by atoms with Gasteiger partial charge in [-0.25, -0.2) is 4.79 Å². The van der Waals surface area contributed by atoms with E-state index >= 15 is 0 Å². The second-order valence-electron chi connectivity index (χ2n) is 7.95. The first-order valence-corrected chi connectivity index (χ1v) is 10.4. The number of nitrogens with one attached hydrogen (secondary N) is 2. The van der Waals surface area contributed by atoms with Crippen LogP contribution in [0.25, 0.3) is 0 Å². The number of esters is 1. The number of benzene rings is 1. The van der Waals surface area contributed by atoms with Gasteiger partial charge in [0.1, 0.15) is 17.5 Å². The summed E-state index contributed by atoms with van der Waals surface area (Å²) in [5.41, 5.74) is 2.43. The molecule has 166 valence electrons. The Morgan fingerprint density at radius 1 is 1.16 bits per heavy atom. The molecule has 3 rings (SSSR count). The van der Waals surface area contributed by atoms with E-state index in [9.17, 15) is 14.4 Å². The summed E-state index contributed by atoms with van der Waals surface area (Å²) in [7, 11) is 1.58. The van der Waals surface area contributed by atoms with E-state index in [1.807, 2.05) is 0 Å². The molecule has 1 atom stereocenters. The number of amides is 2. The standard InChI is InChI=1S/C23H29N3O5/c1-13(2)31-23(29)19-14(3)20(24-15(19)4)22(28)26-12-6-7-18(26)21(27)25-16-8-10-17(30-5)11-9-16/h8-11,13,18,24H,6-7,12H2,1-5H3,(H,25,27). The summed E-state index contributed by atoms with van der Waals surface area (Å²) in [5, 5.41) is 2.87. The fourth-order valence-electron chi connectivity index (χ4n) is 3.87. The number of aryl methyl sites for hydroxylation is 1. The maximum Gasteiger partial charge on any atom is 0.340 e. The van der Waals surface area contributed by atoms with Crippen molar-refractivity contribution in [2.75, 3.05) is 19.0 Å². The summed E-state index contributed by atoms with van der Waals surface area (Å²) in [6.45, 7) is 7.48. The van der Waals surface area contributed by atoms with Gasteiger partial charge in [-0.15, -0.1) is 0 Å². The van der Waals surface area contributed by atoms with E-state index < -0.39 is 12.0 Å². The highest BCUT2D eigenvalue weighted by molar-refractivity contribution is 6.04. The molecule has 8 heteroatoms. The third kappa shape index (κ3) is 4.73. The number of aromatic nitrogens is 1. The average molecular weight is 428 g/mol. The lowest BCUT2D eigenvalue weighted by atomic mass is 10.1. The third-order valence-corrected chi connectivity index (χ3v) is 5.37. The van der Waals surface area contributed by atoms with Crippen LogP contribution in [0, 0.1) is 13.8 Å². The molecule has 1 aromatic heterocycles. The van der Waals surface area contributed by atoms with Gasteiger partial charge in [-0.05, 0) is 70.4 Å². The van der Waals surface area contributed by atoms with Crippen LogP contribution in [0.5, 0.6) is 5.75 Å². The lowest BCUT2D eigenvalue weighted by Gasteiger charge is -2.24. The molecule has 2 heterocycles. The number of hydrogen-bond donors (Lipinski definition) is 2. The summed E-state index contributed by atoms with van der Waals surface area (Å²) in [6, 6.07) is 6.45. The molecule has 2 amide bonds. The van der Waals surface area contributed by atoms with Gasteiger partial charge in [0.05, 0.1) is 18.8 Å². The number of rotatable bonds is 6. The van der Waals surface area contributed by atoms with Crippen molar-refractivity contribution in [3.8, 4) is 5.75 Å². The molecule has 1 aliphatic rings. The highest BCUT2D eigenvalue weighted by Crippen LogP contribution is 2.26. The zero-order valence-corrected chi connectivity index (χ0v) is 18.6. The second-order valence-corrected chi connectivity index (χ2v) is 7.95. The number of likely N-dealkylation sites (tertiary alicyclic amines) is 1. The van der Waals surface area contributed by atoms with E-state index in [2.05, 4.69) is 10.3 Å². The van der Waals surface area contributed by atoms with Gasteiger partial charge in [0, 0.05) is 17.9 Å². The van der Waals surface area contributed by atoms with Gasteiger partial charge < -0.3 is 24.7 Å². The summed E-state index contributed by atoms with van der Waals surface area (Å²) in [5.74, 6) is -0.302. The number of carbonyl (C=O) groups is 3. The van der Waals surface area contributed by atoms with Crippen LogP contribution in [0.1, 0.15) is 58.8 Å². The smallest absolute Gasteiger partial charge is 0.340 e. The van der Waals surface area contributed by atoms with Gasteiger partial charge in [-0.1, -0.05) is 0 Å². The molecular weight excluding hydrogens is 398 g/mol. The first-order valence-electron chi connectivity index (χ1n) is 10.4. The van der Waals surface area contributed by atoms with Crippen molar-refractivity contribution in [1.29, 1.82) is 0 Å². The van der Waals surface area contributed by atoms with Gasteiger partial charge >= 0.3 is 5.97 Å². The van der Waals surface area contributed by atoms with Gasteiger partial charge in [-0.2, -0.15) is 0 Å². The lowest BCUT2D eigenvalue weighted by molar-refractivity contribution is -0.119. The Hall–Kier alpha value is -3.29. The highest BCUT2D eigenvalue weighted by atomic mass is 16.5. The fourth-order valence-corrected chi connectivity index (χ4v) is 3.87. The molecule has 1 unspecified atom stereocenters. The zero-order chi connectivity index (χ0) is 22.7. The monoisotopic (exact) mass is 427 g/mol. The van der Waals surface area contributed by atoms with Crippen LogP contribution in [-0.2, 0) is 9.53 Å². The highest BCUT2D eigenvalue weighted by Gasteiger charge is 2.36. The molecule has 0 bridgehead atoms. The first kappa shape index (κ1) is 22.4. The SMILES string of the molecule is COc1ccc(NC(=O)C2CCCN2C(=O)c2[nH]c(C)c(C(=O)OC(C)C)c2C)cc1. The van der Waals surface area contributed by atoms with Gasteiger partial charge in [0.2, 0.25) is 5.91 Å². The topological polar surface area (TPSA) is 101 Å². The Bertz CT molecular complexity index is 978. The molecule has 8 nitrogen and oxygen atoms in total. The molecule has 1 aromatic carbocycles. The van der Waals surface area contributed by atoms with E-state index in [-0.39, 0.29) is 17.9 Å². The van der Waals surface area contributed by atoms with E-state index in [1.54, 1.807) is 64.0 Å². The van der Waals surface area contributed by atoms with Crippen LogP contribution in [0.2, 0.25) is 0 Å². The van der Waals surface area contributed by atoms with Crippen molar-refractivity contribution in [2.45, 2.75) is 52.7 Å². The van der Waals surface area contributed by atoms with Crippen molar-refractivity contribution in [2.24, 2.45) is 0 Å². The van der Waals surface area contributed by atoms with Crippen LogP contribution >= 0.6 is 0 Å². The van der Waals surface area contributed by atoms with Crippen molar-refractivity contribution in [3.05, 3.63) is 46.8 Å². The number of hydrogen-bond acceptors (Lipinski definition) is 5. The number of methoxy groups -OCH3 is 1. The molecule has 0 aliphatic carbocycles. The maximum atomic E-state index is 13.3. The van der Waals surface area contributed by atoms with Crippen LogP contribution in [0.4, 0.5) is 5.69 Å². The maximum absolute atomic E-state index is 13.3. The first-order chi connectivity index (χ1) is 14.7. The molecule has 1 fully saturated rings. The molecule has 1 saturated heterocycles. The summed E-state index contributed by atoms with van der Waals surface area (Å²) < 4.78 is 10.4. The number of aromatic amines is 1. The van der Waals surface area contributed by atoms with Crippen molar-refractivity contribution < 1.29 is 23.9 Å². The zero-order valence-electron chi connectivity index (χ0n) is 18.6. The van der Waals surface area contributed by atoms with Crippen LogP contribution < -0.4 is 10.1 Å². The predicted octanol–water partition coefficient (Wildman–Crippen LogP) is 3.45. The van der Waals surface area contributed by atoms with Crippen LogP contribution in [0.15, 0.2) is 24.3 Å². The Morgan fingerprint density at radius 2 is 1.84 bits per heavy atom. The van der Waals surface area contributed by atoms with Gasteiger partial charge in [-0.3, -0.25) is 9.59 Å². The van der Waals surface area contributed by atoms with Gasteiger partial charge in [0.25, 0.3) is 5.91 Å². The molecule has 2 N–H and O–H groups in total.